The third-order valence-electron chi connectivity index (χ3n) is 3.01. The SMILES string of the molecule is O=C1CCn2c(=O)ccc3c(F)cc(F)c1c32. The molecular formula is C12H7F2NO2. The van der Waals surface area contributed by atoms with Crippen molar-refractivity contribution in [3.63, 3.8) is 0 Å². The number of carbonyl (C=O) groups is 1. The van der Waals surface area contributed by atoms with Crippen LogP contribution in [0.3, 0.4) is 0 Å². The molecule has 0 aliphatic carbocycles. The van der Waals surface area contributed by atoms with E-state index >= 15 is 0 Å². The smallest absolute Gasteiger partial charge is 0.251 e. The Morgan fingerprint density at radius 3 is 2.65 bits per heavy atom. The molecule has 0 bridgehead atoms. The minimum absolute atomic E-state index is 0.0641. The molecule has 1 aromatic carbocycles. The number of aromatic nitrogens is 1. The Kier molecular flexibility index (Phi) is 1.92. The van der Waals surface area contributed by atoms with Gasteiger partial charge in [-0.05, 0) is 6.07 Å². The van der Waals surface area contributed by atoms with Gasteiger partial charge in [0.25, 0.3) is 5.56 Å². The van der Waals surface area contributed by atoms with Crippen molar-refractivity contribution in [2.75, 3.05) is 0 Å². The van der Waals surface area contributed by atoms with Crippen LogP contribution in [0.25, 0.3) is 10.9 Å². The molecule has 3 nitrogen and oxygen atoms in total. The summed E-state index contributed by atoms with van der Waals surface area (Å²) in [6, 6.07) is 3.20. The summed E-state index contributed by atoms with van der Waals surface area (Å²) in [7, 11) is 0. The molecule has 0 radical (unpaired) electrons. The van der Waals surface area contributed by atoms with Crippen molar-refractivity contribution in [2.45, 2.75) is 13.0 Å². The molecule has 3 rings (SSSR count). The molecule has 0 saturated heterocycles. The molecule has 1 aromatic heterocycles. The Morgan fingerprint density at radius 2 is 1.88 bits per heavy atom. The normalized spacial score (nSPS) is 14.4. The second-order valence-electron chi connectivity index (χ2n) is 3.97. The van der Waals surface area contributed by atoms with Crippen LogP contribution in [0.1, 0.15) is 16.8 Å². The number of ketones is 1. The molecule has 17 heavy (non-hydrogen) atoms. The average Bonchev–Trinajstić information content (AvgIpc) is 2.27. The van der Waals surface area contributed by atoms with E-state index in [1.54, 1.807) is 0 Å². The third kappa shape index (κ3) is 1.25. The van der Waals surface area contributed by atoms with Crippen molar-refractivity contribution in [3.8, 4) is 0 Å². The number of carbonyl (C=O) groups excluding carboxylic acids is 1. The molecule has 0 saturated carbocycles. The summed E-state index contributed by atoms with van der Waals surface area (Å²) < 4.78 is 28.4. The number of halogens is 2. The van der Waals surface area contributed by atoms with Crippen molar-refractivity contribution >= 4 is 16.7 Å². The van der Waals surface area contributed by atoms with E-state index in [-0.39, 0.29) is 35.0 Å². The van der Waals surface area contributed by atoms with Gasteiger partial charge in [0.1, 0.15) is 11.6 Å². The van der Waals surface area contributed by atoms with Gasteiger partial charge in [0.05, 0.1) is 11.1 Å². The van der Waals surface area contributed by atoms with Gasteiger partial charge < -0.3 is 4.57 Å². The number of hydrogen-bond acceptors (Lipinski definition) is 2. The quantitative estimate of drug-likeness (QED) is 0.699. The first kappa shape index (κ1) is 10.1. The maximum absolute atomic E-state index is 13.6. The van der Waals surface area contributed by atoms with Crippen LogP contribution in [-0.2, 0) is 6.54 Å². The number of hydrogen-bond donors (Lipinski definition) is 0. The van der Waals surface area contributed by atoms with E-state index in [4.69, 9.17) is 0 Å². The third-order valence-corrected chi connectivity index (χ3v) is 3.01. The number of rotatable bonds is 0. The predicted molar refractivity (Wildman–Crippen MR) is 57.1 cm³/mol. The van der Waals surface area contributed by atoms with E-state index in [0.717, 1.165) is 0 Å². The Bertz CT molecular complexity index is 718. The van der Waals surface area contributed by atoms with Gasteiger partial charge >= 0.3 is 0 Å². The summed E-state index contributed by atoms with van der Waals surface area (Å²) in [4.78, 5) is 23.2. The zero-order chi connectivity index (χ0) is 12.2. The van der Waals surface area contributed by atoms with Gasteiger partial charge in [-0.3, -0.25) is 9.59 Å². The largest absolute Gasteiger partial charge is 0.307 e. The molecule has 0 fully saturated rings. The van der Waals surface area contributed by atoms with Crippen molar-refractivity contribution in [1.82, 2.24) is 4.57 Å². The number of pyridine rings is 1. The Hall–Kier alpha value is -2.04. The highest BCUT2D eigenvalue weighted by atomic mass is 19.1. The van der Waals surface area contributed by atoms with Crippen LogP contribution in [0, 0.1) is 11.6 Å². The predicted octanol–water partition coefficient (Wildman–Crippen LogP) is 1.87. The molecule has 0 unspecified atom stereocenters. The first-order valence-electron chi connectivity index (χ1n) is 5.14. The maximum Gasteiger partial charge on any atom is 0.251 e. The van der Waals surface area contributed by atoms with Gasteiger partial charge in [-0.1, -0.05) is 0 Å². The van der Waals surface area contributed by atoms with E-state index < -0.39 is 17.4 Å². The van der Waals surface area contributed by atoms with Crippen molar-refractivity contribution in [2.24, 2.45) is 0 Å². The lowest BCUT2D eigenvalue weighted by atomic mass is 9.99. The van der Waals surface area contributed by atoms with Gasteiger partial charge in [-0.15, -0.1) is 0 Å². The summed E-state index contributed by atoms with van der Waals surface area (Å²) in [6.07, 6.45) is 0.0641. The molecule has 1 aliphatic heterocycles. The summed E-state index contributed by atoms with van der Waals surface area (Å²) in [6.45, 7) is 0.172. The van der Waals surface area contributed by atoms with Crippen LogP contribution in [0.15, 0.2) is 23.0 Å². The van der Waals surface area contributed by atoms with E-state index in [1.807, 2.05) is 0 Å². The Labute approximate surface area is 94.3 Å². The van der Waals surface area contributed by atoms with Gasteiger partial charge in [0.15, 0.2) is 5.78 Å². The highest BCUT2D eigenvalue weighted by Crippen LogP contribution is 2.27. The standard InChI is InChI=1S/C12H7F2NO2/c13-7-5-8(14)11-9(16)3-4-15-10(17)2-1-6(7)12(11)15/h1-2,5H,3-4H2. The minimum atomic E-state index is -0.904. The summed E-state index contributed by atoms with van der Waals surface area (Å²) >= 11 is 0. The van der Waals surface area contributed by atoms with E-state index in [1.165, 1.54) is 16.7 Å². The molecule has 0 N–H and O–H groups in total. The molecule has 1 aliphatic rings. The first-order chi connectivity index (χ1) is 8.09. The summed E-state index contributed by atoms with van der Waals surface area (Å²) in [5.41, 5.74) is -0.451. The fourth-order valence-electron chi connectivity index (χ4n) is 2.24. The number of nitrogens with zero attached hydrogens (tertiary/aromatic N) is 1. The van der Waals surface area contributed by atoms with E-state index in [0.29, 0.717) is 6.07 Å². The Balaban J connectivity index is 2.64. The van der Waals surface area contributed by atoms with E-state index in [9.17, 15) is 18.4 Å². The molecule has 2 heterocycles. The highest BCUT2D eigenvalue weighted by molar-refractivity contribution is 6.08. The number of aryl methyl sites for hydroxylation is 1. The zero-order valence-corrected chi connectivity index (χ0v) is 8.67. The highest BCUT2D eigenvalue weighted by Gasteiger charge is 2.25. The monoisotopic (exact) mass is 235 g/mol. The maximum atomic E-state index is 13.6. The van der Waals surface area contributed by atoms with Crippen molar-refractivity contribution in [1.29, 1.82) is 0 Å². The van der Waals surface area contributed by atoms with Crippen LogP contribution >= 0.6 is 0 Å². The van der Waals surface area contributed by atoms with Gasteiger partial charge in [0, 0.05) is 30.5 Å². The molecule has 0 atom stereocenters. The Morgan fingerprint density at radius 1 is 1.12 bits per heavy atom. The zero-order valence-electron chi connectivity index (χ0n) is 8.67. The van der Waals surface area contributed by atoms with Gasteiger partial charge in [0.2, 0.25) is 0 Å². The fraction of sp³-hybridized carbons (Fsp3) is 0.167. The lowest BCUT2D eigenvalue weighted by molar-refractivity contribution is 0.0968. The number of benzene rings is 1. The van der Waals surface area contributed by atoms with Gasteiger partial charge in [-0.25, -0.2) is 8.78 Å². The number of Topliss-reactive ketones (excluding diaryl/α,β-unsaturated/α-hetero) is 1. The summed E-state index contributed by atoms with van der Waals surface area (Å²) in [5.74, 6) is -2.05. The van der Waals surface area contributed by atoms with Crippen molar-refractivity contribution < 1.29 is 13.6 Å². The van der Waals surface area contributed by atoms with Crippen LogP contribution in [0.4, 0.5) is 8.78 Å². The van der Waals surface area contributed by atoms with Crippen LogP contribution in [-0.4, -0.2) is 10.4 Å². The summed E-state index contributed by atoms with van der Waals surface area (Å²) in [5, 5.41) is 0.106. The van der Waals surface area contributed by atoms with Crippen LogP contribution < -0.4 is 5.56 Å². The lowest BCUT2D eigenvalue weighted by Gasteiger charge is -2.18. The molecule has 0 spiro atoms. The lowest BCUT2D eigenvalue weighted by Crippen LogP contribution is -2.27. The minimum Gasteiger partial charge on any atom is -0.307 e. The molecule has 0 amide bonds. The second-order valence-corrected chi connectivity index (χ2v) is 3.97. The van der Waals surface area contributed by atoms with Crippen LogP contribution in [0.2, 0.25) is 0 Å². The topological polar surface area (TPSA) is 39.1 Å². The molecule has 2 aromatic rings. The van der Waals surface area contributed by atoms with E-state index in [2.05, 4.69) is 0 Å². The molecular weight excluding hydrogens is 228 g/mol. The van der Waals surface area contributed by atoms with Crippen molar-refractivity contribution in [3.05, 3.63) is 45.8 Å². The first-order valence-corrected chi connectivity index (χ1v) is 5.14. The second kappa shape index (κ2) is 3.23. The van der Waals surface area contributed by atoms with Crippen LogP contribution in [0.5, 0.6) is 0 Å². The van der Waals surface area contributed by atoms with Gasteiger partial charge in [-0.2, -0.15) is 0 Å². The fourth-order valence-corrected chi connectivity index (χ4v) is 2.24. The average molecular weight is 235 g/mol. The molecule has 86 valence electrons. The molecule has 5 heteroatoms.